The minimum Gasteiger partial charge on any atom is -0.409 e. The molecule has 1 saturated carbocycles. The summed E-state index contributed by atoms with van der Waals surface area (Å²) < 4.78 is 0. The topological polar surface area (TPSA) is 70.6 Å². The number of amidine groups is 1. The summed E-state index contributed by atoms with van der Waals surface area (Å²) in [6.45, 7) is 0.775. The fourth-order valence-electron chi connectivity index (χ4n) is 1.84. The number of rotatable bonds is 4. The molecule has 0 aromatic heterocycles. The number of oxime groups is 1. The molecular weight excluding hydrogens is 202 g/mol. The van der Waals surface area contributed by atoms with Gasteiger partial charge in [0, 0.05) is 18.2 Å². The number of nitrogens with zero attached hydrogens (tertiary/aromatic N) is 1. The van der Waals surface area contributed by atoms with Crippen molar-refractivity contribution in [2.24, 2.45) is 10.9 Å². The van der Waals surface area contributed by atoms with Crippen LogP contribution in [-0.2, 0) is 6.54 Å². The van der Waals surface area contributed by atoms with Crippen molar-refractivity contribution in [3.63, 3.8) is 0 Å². The molecule has 4 nitrogen and oxygen atoms in total. The van der Waals surface area contributed by atoms with Crippen molar-refractivity contribution in [3.8, 4) is 0 Å². The summed E-state index contributed by atoms with van der Waals surface area (Å²) in [6.07, 6.45) is 3.83. The van der Waals surface area contributed by atoms with Crippen LogP contribution in [0.1, 0.15) is 30.4 Å². The molecule has 16 heavy (non-hydrogen) atoms. The van der Waals surface area contributed by atoms with Crippen LogP contribution in [0.3, 0.4) is 0 Å². The van der Waals surface area contributed by atoms with Gasteiger partial charge in [-0.15, -0.1) is 0 Å². The number of nitrogens with two attached hydrogens (primary N) is 1. The van der Waals surface area contributed by atoms with Crippen molar-refractivity contribution in [2.45, 2.75) is 31.8 Å². The Balaban J connectivity index is 2.06. The fourth-order valence-corrected chi connectivity index (χ4v) is 1.84. The van der Waals surface area contributed by atoms with Gasteiger partial charge < -0.3 is 16.3 Å². The lowest BCUT2D eigenvalue weighted by Gasteiger charge is -2.26. The van der Waals surface area contributed by atoms with Crippen molar-refractivity contribution in [2.75, 3.05) is 0 Å². The van der Waals surface area contributed by atoms with E-state index < -0.39 is 0 Å². The van der Waals surface area contributed by atoms with Gasteiger partial charge in [-0.05, 0) is 18.4 Å². The van der Waals surface area contributed by atoms with E-state index in [4.69, 9.17) is 10.9 Å². The number of benzene rings is 1. The summed E-state index contributed by atoms with van der Waals surface area (Å²) in [5, 5.41) is 15.2. The van der Waals surface area contributed by atoms with E-state index >= 15 is 0 Å². The molecule has 0 heterocycles. The molecule has 0 saturated heterocycles. The van der Waals surface area contributed by atoms with Crippen LogP contribution < -0.4 is 11.1 Å². The van der Waals surface area contributed by atoms with Crippen molar-refractivity contribution in [1.82, 2.24) is 5.32 Å². The van der Waals surface area contributed by atoms with Gasteiger partial charge in [0.05, 0.1) is 0 Å². The van der Waals surface area contributed by atoms with E-state index in [2.05, 4.69) is 10.5 Å². The first-order valence-corrected chi connectivity index (χ1v) is 5.60. The van der Waals surface area contributed by atoms with Gasteiger partial charge in [-0.1, -0.05) is 35.8 Å². The Morgan fingerprint density at radius 1 is 1.44 bits per heavy atom. The largest absolute Gasteiger partial charge is 0.409 e. The molecule has 1 aliphatic rings. The first-order valence-electron chi connectivity index (χ1n) is 5.60. The van der Waals surface area contributed by atoms with Crippen LogP contribution in [0, 0.1) is 0 Å². The van der Waals surface area contributed by atoms with Gasteiger partial charge in [0.1, 0.15) is 0 Å². The van der Waals surface area contributed by atoms with Crippen LogP contribution in [0.2, 0.25) is 0 Å². The van der Waals surface area contributed by atoms with E-state index in [-0.39, 0.29) is 5.84 Å². The van der Waals surface area contributed by atoms with E-state index in [9.17, 15) is 0 Å². The number of hydrogen-bond donors (Lipinski definition) is 3. The molecule has 1 fully saturated rings. The van der Waals surface area contributed by atoms with E-state index in [1.54, 1.807) is 0 Å². The maximum atomic E-state index is 8.69. The van der Waals surface area contributed by atoms with E-state index in [1.165, 1.54) is 19.3 Å². The van der Waals surface area contributed by atoms with E-state index in [1.807, 2.05) is 24.3 Å². The summed E-state index contributed by atoms with van der Waals surface area (Å²) >= 11 is 0. The Bertz CT molecular complexity index is 386. The second kappa shape index (κ2) is 4.99. The zero-order chi connectivity index (χ0) is 11.4. The van der Waals surface area contributed by atoms with Gasteiger partial charge >= 0.3 is 0 Å². The highest BCUT2D eigenvalue weighted by Crippen LogP contribution is 2.19. The Labute approximate surface area is 95.1 Å². The van der Waals surface area contributed by atoms with Gasteiger partial charge in [-0.25, -0.2) is 0 Å². The Hall–Kier alpha value is -1.55. The summed E-state index contributed by atoms with van der Waals surface area (Å²) in [5.74, 6) is 0.172. The highest BCUT2D eigenvalue weighted by atomic mass is 16.4. The molecule has 1 aromatic rings. The Morgan fingerprint density at radius 2 is 2.19 bits per heavy atom. The molecule has 0 amide bonds. The maximum Gasteiger partial charge on any atom is 0.170 e. The first kappa shape index (κ1) is 11.0. The molecule has 0 unspecified atom stereocenters. The summed E-state index contributed by atoms with van der Waals surface area (Å²) in [6, 6.07) is 8.36. The summed E-state index contributed by atoms with van der Waals surface area (Å²) in [5.41, 5.74) is 7.50. The lowest BCUT2D eigenvalue weighted by Crippen LogP contribution is -2.35. The predicted molar refractivity (Wildman–Crippen MR) is 63.4 cm³/mol. The smallest absolute Gasteiger partial charge is 0.170 e. The molecule has 1 aromatic carbocycles. The number of nitrogens with one attached hydrogen (secondary N) is 1. The molecular formula is C12H17N3O. The molecule has 4 heteroatoms. The third kappa shape index (κ3) is 2.33. The molecule has 0 radical (unpaired) electrons. The maximum absolute atomic E-state index is 8.69. The van der Waals surface area contributed by atoms with Gasteiger partial charge in [-0.3, -0.25) is 0 Å². The van der Waals surface area contributed by atoms with Crippen molar-refractivity contribution < 1.29 is 5.21 Å². The first-order chi connectivity index (χ1) is 7.81. The van der Waals surface area contributed by atoms with Crippen molar-refractivity contribution in [1.29, 1.82) is 0 Å². The highest BCUT2D eigenvalue weighted by Gasteiger charge is 2.16. The molecule has 4 N–H and O–H groups in total. The number of hydrogen-bond acceptors (Lipinski definition) is 3. The molecule has 1 aliphatic carbocycles. The third-order valence-electron chi connectivity index (χ3n) is 3.09. The second-order valence-corrected chi connectivity index (χ2v) is 4.15. The SMILES string of the molecule is NC(=NO)c1ccccc1CNC1CCC1. The van der Waals surface area contributed by atoms with Gasteiger partial charge in [0.25, 0.3) is 0 Å². The molecule has 2 rings (SSSR count). The summed E-state index contributed by atoms with van der Waals surface area (Å²) in [4.78, 5) is 0. The van der Waals surface area contributed by atoms with Crippen molar-refractivity contribution >= 4 is 5.84 Å². The van der Waals surface area contributed by atoms with Crippen LogP contribution in [0.4, 0.5) is 0 Å². The standard InChI is InChI=1S/C12H17N3O/c13-12(15-16)11-7-2-1-4-9(11)8-14-10-5-3-6-10/h1-2,4,7,10,14,16H,3,5-6,8H2,(H2,13,15). The van der Waals surface area contributed by atoms with Crippen molar-refractivity contribution in [3.05, 3.63) is 35.4 Å². The Kier molecular flexibility index (Phi) is 3.41. The summed E-state index contributed by atoms with van der Waals surface area (Å²) in [7, 11) is 0. The molecule has 0 bridgehead atoms. The second-order valence-electron chi connectivity index (χ2n) is 4.15. The quantitative estimate of drug-likeness (QED) is 0.310. The van der Waals surface area contributed by atoms with Crippen LogP contribution in [-0.4, -0.2) is 17.1 Å². The third-order valence-corrected chi connectivity index (χ3v) is 3.09. The minimum atomic E-state index is 0.172. The lowest BCUT2D eigenvalue weighted by atomic mass is 9.93. The van der Waals surface area contributed by atoms with Gasteiger partial charge in [0.15, 0.2) is 5.84 Å². The van der Waals surface area contributed by atoms with Crippen LogP contribution in [0.5, 0.6) is 0 Å². The molecule has 0 aliphatic heterocycles. The minimum absolute atomic E-state index is 0.172. The molecule has 86 valence electrons. The lowest BCUT2D eigenvalue weighted by molar-refractivity contribution is 0.318. The van der Waals surface area contributed by atoms with Crippen LogP contribution >= 0.6 is 0 Å². The highest BCUT2D eigenvalue weighted by molar-refractivity contribution is 5.98. The van der Waals surface area contributed by atoms with Gasteiger partial charge in [0.2, 0.25) is 0 Å². The zero-order valence-corrected chi connectivity index (χ0v) is 9.19. The fraction of sp³-hybridized carbons (Fsp3) is 0.417. The monoisotopic (exact) mass is 219 g/mol. The molecule has 0 atom stereocenters. The van der Waals surface area contributed by atoms with Gasteiger partial charge in [-0.2, -0.15) is 0 Å². The zero-order valence-electron chi connectivity index (χ0n) is 9.19. The predicted octanol–water partition coefficient (Wildman–Crippen LogP) is 1.42. The van der Waals surface area contributed by atoms with Crippen LogP contribution in [0.15, 0.2) is 29.4 Å². The average Bonchev–Trinajstić information content (AvgIpc) is 2.26. The van der Waals surface area contributed by atoms with E-state index in [0.29, 0.717) is 6.04 Å². The van der Waals surface area contributed by atoms with E-state index in [0.717, 1.165) is 17.7 Å². The Morgan fingerprint density at radius 3 is 2.81 bits per heavy atom. The van der Waals surface area contributed by atoms with Crippen LogP contribution in [0.25, 0.3) is 0 Å². The average molecular weight is 219 g/mol. The normalized spacial score (nSPS) is 17.1. The molecule has 0 spiro atoms.